The first-order valence-electron chi connectivity index (χ1n) is 11.0. The van der Waals surface area contributed by atoms with E-state index in [4.69, 9.17) is 21.1 Å². The Labute approximate surface area is 228 Å². The minimum Gasteiger partial charge on any atom is -0.493 e. The molecule has 0 spiro atoms. The van der Waals surface area contributed by atoms with Crippen molar-refractivity contribution in [1.29, 1.82) is 0 Å². The van der Waals surface area contributed by atoms with E-state index < -0.39 is 52.6 Å². The number of imide groups is 1. The third-order valence-corrected chi connectivity index (χ3v) is 6.67. The summed E-state index contributed by atoms with van der Waals surface area (Å²) in [5, 5.41) is 1.41. The molecule has 1 N–H and O–H groups in total. The first-order chi connectivity index (χ1) is 18.6. The summed E-state index contributed by atoms with van der Waals surface area (Å²) in [5.74, 6) is -6.68. The topological polar surface area (TPSA) is 84.9 Å². The van der Waals surface area contributed by atoms with Gasteiger partial charge in [-0.15, -0.1) is 0 Å². The Morgan fingerprint density at radius 2 is 1.79 bits per heavy atom. The van der Waals surface area contributed by atoms with E-state index in [0.717, 1.165) is 6.07 Å². The van der Waals surface area contributed by atoms with Gasteiger partial charge in [0.25, 0.3) is 11.1 Å². The Balaban J connectivity index is 1.48. The molecular weight excluding hydrogens is 564 g/mol. The van der Waals surface area contributed by atoms with Crippen LogP contribution >= 0.6 is 23.4 Å². The highest BCUT2D eigenvalue weighted by molar-refractivity contribution is 8.18. The van der Waals surface area contributed by atoms with E-state index in [1.807, 2.05) is 5.32 Å². The number of nitrogens with one attached hydrogen (secondary N) is 1. The standard InChI is InChI=1S/C26H17ClF4N2O5S/c1-37-19-8-5-13(9-20(19)38-12-14-15(27)3-2-4-16(14)28)10-21-25(35)33(26(36)39-21)11-22(34)32-18-7-6-17(29)23(30)24(18)31/h2-10H,11-12H2,1H3,(H,32,34)/b21-10+. The second kappa shape index (κ2) is 11.8. The fraction of sp³-hybridized carbons (Fsp3) is 0.115. The zero-order chi connectivity index (χ0) is 28.3. The predicted octanol–water partition coefficient (Wildman–Crippen LogP) is 6.16. The molecule has 0 radical (unpaired) electrons. The average molecular weight is 581 g/mol. The van der Waals surface area contributed by atoms with Crippen molar-refractivity contribution in [3.05, 3.63) is 92.9 Å². The Hall–Kier alpha value is -4.03. The molecule has 0 aromatic heterocycles. The van der Waals surface area contributed by atoms with Crippen molar-refractivity contribution < 1.29 is 41.4 Å². The van der Waals surface area contributed by atoms with Crippen LogP contribution in [-0.4, -0.2) is 35.6 Å². The molecule has 1 aliphatic heterocycles. The summed E-state index contributed by atoms with van der Waals surface area (Å²) in [5.41, 5.74) is -0.0950. The molecule has 1 fully saturated rings. The smallest absolute Gasteiger partial charge is 0.294 e. The molecule has 1 saturated heterocycles. The van der Waals surface area contributed by atoms with E-state index in [2.05, 4.69) is 0 Å². The van der Waals surface area contributed by atoms with Crippen LogP contribution in [0.3, 0.4) is 0 Å². The lowest BCUT2D eigenvalue weighted by Gasteiger charge is -2.13. The van der Waals surface area contributed by atoms with Crippen molar-refractivity contribution in [2.45, 2.75) is 6.61 Å². The molecule has 1 aliphatic rings. The normalized spacial score (nSPS) is 14.2. The average Bonchev–Trinajstić information content (AvgIpc) is 3.16. The largest absolute Gasteiger partial charge is 0.493 e. The van der Waals surface area contributed by atoms with E-state index in [1.165, 1.54) is 43.5 Å². The zero-order valence-corrected chi connectivity index (χ0v) is 21.5. The molecule has 3 aromatic rings. The number of halogens is 5. The molecule has 1 heterocycles. The molecule has 0 unspecified atom stereocenters. The maximum atomic E-state index is 14.1. The van der Waals surface area contributed by atoms with Gasteiger partial charge in [0.2, 0.25) is 5.91 Å². The van der Waals surface area contributed by atoms with Gasteiger partial charge < -0.3 is 14.8 Å². The highest BCUT2D eigenvalue weighted by Crippen LogP contribution is 2.35. The van der Waals surface area contributed by atoms with E-state index in [0.29, 0.717) is 34.0 Å². The van der Waals surface area contributed by atoms with Crippen molar-refractivity contribution in [3.8, 4) is 11.5 Å². The maximum absolute atomic E-state index is 14.1. The van der Waals surface area contributed by atoms with Crippen LogP contribution in [0.4, 0.5) is 28.0 Å². The van der Waals surface area contributed by atoms with Gasteiger partial charge in [-0.25, -0.2) is 17.6 Å². The number of benzene rings is 3. The molecule has 13 heteroatoms. The summed E-state index contributed by atoms with van der Waals surface area (Å²) in [6, 6.07) is 10.3. The van der Waals surface area contributed by atoms with Crippen LogP contribution in [-0.2, 0) is 16.2 Å². The lowest BCUT2D eigenvalue weighted by atomic mass is 10.1. The van der Waals surface area contributed by atoms with Crippen molar-refractivity contribution in [2.24, 2.45) is 0 Å². The lowest BCUT2D eigenvalue weighted by molar-refractivity contribution is -0.127. The number of carbonyl (C=O) groups excluding carboxylic acids is 3. The van der Waals surface area contributed by atoms with Gasteiger partial charge in [0, 0.05) is 5.56 Å². The number of ether oxygens (including phenoxy) is 2. The zero-order valence-electron chi connectivity index (χ0n) is 19.9. The van der Waals surface area contributed by atoms with E-state index in [-0.39, 0.29) is 27.8 Å². The van der Waals surface area contributed by atoms with Gasteiger partial charge in [0.15, 0.2) is 29.0 Å². The summed E-state index contributed by atoms with van der Waals surface area (Å²) in [4.78, 5) is 38.1. The molecule has 0 aliphatic carbocycles. The molecular formula is C26H17ClF4N2O5S. The van der Waals surface area contributed by atoms with Crippen LogP contribution in [0.15, 0.2) is 53.4 Å². The Morgan fingerprint density at radius 1 is 1.03 bits per heavy atom. The number of carbonyl (C=O) groups is 3. The quantitative estimate of drug-likeness (QED) is 0.195. The van der Waals surface area contributed by atoms with Crippen LogP contribution in [0, 0.1) is 23.3 Å². The van der Waals surface area contributed by atoms with E-state index >= 15 is 0 Å². The van der Waals surface area contributed by atoms with Crippen LogP contribution in [0.25, 0.3) is 6.08 Å². The van der Waals surface area contributed by atoms with Crippen molar-refractivity contribution >= 4 is 52.2 Å². The Kier molecular flexibility index (Phi) is 8.46. The third kappa shape index (κ3) is 6.18. The fourth-order valence-corrected chi connectivity index (χ4v) is 4.52. The van der Waals surface area contributed by atoms with Crippen molar-refractivity contribution in [3.63, 3.8) is 0 Å². The first kappa shape index (κ1) is 28.0. The molecule has 0 bridgehead atoms. The molecule has 7 nitrogen and oxygen atoms in total. The van der Waals surface area contributed by atoms with Crippen LogP contribution in [0.1, 0.15) is 11.1 Å². The van der Waals surface area contributed by atoms with Crippen molar-refractivity contribution in [1.82, 2.24) is 4.90 Å². The Bertz CT molecular complexity index is 1500. The van der Waals surface area contributed by atoms with E-state index in [1.54, 1.807) is 6.07 Å². The number of methoxy groups -OCH3 is 1. The van der Waals surface area contributed by atoms with Gasteiger partial charge in [-0.3, -0.25) is 19.3 Å². The number of hydrogen-bond acceptors (Lipinski definition) is 6. The number of amides is 3. The number of rotatable bonds is 8. The summed E-state index contributed by atoms with van der Waals surface area (Å²) in [7, 11) is 1.40. The lowest BCUT2D eigenvalue weighted by Crippen LogP contribution is -2.36. The minimum absolute atomic E-state index is 0.0277. The number of hydrogen-bond donors (Lipinski definition) is 1. The van der Waals surface area contributed by atoms with Gasteiger partial charge in [0.05, 0.1) is 22.7 Å². The van der Waals surface area contributed by atoms with Gasteiger partial charge in [-0.1, -0.05) is 23.7 Å². The van der Waals surface area contributed by atoms with Gasteiger partial charge in [-0.2, -0.15) is 0 Å². The van der Waals surface area contributed by atoms with E-state index in [9.17, 15) is 31.9 Å². The van der Waals surface area contributed by atoms with Crippen LogP contribution in [0.5, 0.6) is 11.5 Å². The first-order valence-corrected chi connectivity index (χ1v) is 12.2. The monoisotopic (exact) mass is 580 g/mol. The van der Waals surface area contributed by atoms with Crippen LogP contribution < -0.4 is 14.8 Å². The molecule has 0 atom stereocenters. The summed E-state index contributed by atoms with van der Waals surface area (Å²) in [6.45, 7) is -1.00. The summed E-state index contributed by atoms with van der Waals surface area (Å²) in [6.07, 6.45) is 1.38. The minimum atomic E-state index is -1.78. The molecule has 202 valence electrons. The second-order valence-corrected chi connectivity index (χ2v) is 9.34. The summed E-state index contributed by atoms with van der Waals surface area (Å²) >= 11 is 6.60. The summed E-state index contributed by atoms with van der Waals surface area (Å²) < 4.78 is 65.4. The van der Waals surface area contributed by atoms with Gasteiger partial charge in [-0.05, 0) is 59.8 Å². The number of thioether (sulfide) groups is 1. The van der Waals surface area contributed by atoms with Gasteiger partial charge >= 0.3 is 0 Å². The Morgan fingerprint density at radius 3 is 2.51 bits per heavy atom. The predicted molar refractivity (Wildman–Crippen MR) is 136 cm³/mol. The molecule has 3 aromatic carbocycles. The highest BCUT2D eigenvalue weighted by atomic mass is 35.5. The molecule has 39 heavy (non-hydrogen) atoms. The third-order valence-electron chi connectivity index (χ3n) is 5.40. The highest BCUT2D eigenvalue weighted by Gasteiger charge is 2.36. The SMILES string of the molecule is COc1ccc(/C=C2/SC(=O)N(CC(=O)Nc3ccc(F)c(F)c3F)C2=O)cc1OCc1c(F)cccc1Cl. The second-order valence-electron chi connectivity index (χ2n) is 7.94. The number of anilines is 1. The molecule has 4 rings (SSSR count). The molecule has 3 amide bonds. The maximum Gasteiger partial charge on any atom is 0.294 e. The van der Waals surface area contributed by atoms with Gasteiger partial charge in [0.1, 0.15) is 19.0 Å². The van der Waals surface area contributed by atoms with Crippen LogP contribution in [0.2, 0.25) is 5.02 Å². The van der Waals surface area contributed by atoms with Crippen molar-refractivity contribution in [2.75, 3.05) is 19.0 Å². The number of nitrogens with zero attached hydrogens (tertiary/aromatic N) is 1. The molecule has 0 saturated carbocycles. The fourth-order valence-electron chi connectivity index (χ4n) is 3.46.